The smallest absolute Gasteiger partial charge is 0.215 e. The Morgan fingerprint density at radius 2 is 2.16 bits per heavy atom. The first-order valence-electron chi connectivity index (χ1n) is 6.65. The fourth-order valence-corrected chi connectivity index (χ4v) is 2.55. The standard InChI is InChI=1S/C15H17FN2O/c1-10-6-5-9-19-15-11(2)14(17-18(10)15)12-7-3-4-8-13(12)16/h3-4,7-8,10H,5-6,9H2,1-2H3. The minimum atomic E-state index is -0.244. The van der Waals surface area contributed by atoms with Crippen LogP contribution in [0.5, 0.6) is 5.88 Å². The van der Waals surface area contributed by atoms with Gasteiger partial charge in [-0.15, -0.1) is 0 Å². The van der Waals surface area contributed by atoms with E-state index in [4.69, 9.17) is 4.74 Å². The maximum atomic E-state index is 13.9. The monoisotopic (exact) mass is 260 g/mol. The second-order valence-corrected chi connectivity index (χ2v) is 5.04. The van der Waals surface area contributed by atoms with Gasteiger partial charge in [-0.2, -0.15) is 5.10 Å². The third-order valence-electron chi connectivity index (χ3n) is 3.64. The molecule has 1 aromatic carbocycles. The lowest BCUT2D eigenvalue weighted by atomic mass is 10.1. The quantitative estimate of drug-likeness (QED) is 0.781. The Morgan fingerprint density at radius 1 is 1.37 bits per heavy atom. The fourth-order valence-electron chi connectivity index (χ4n) is 2.55. The summed E-state index contributed by atoms with van der Waals surface area (Å²) in [6.45, 7) is 4.77. The molecule has 1 aliphatic rings. The summed E-state index contributed by atoms with van der Waals surface area (Å²) in [6.07, 6.45) is 2.06. The fraction of sp³-hybridized carbons (Fsp3) is 0.400. The normalized spacial score (nSPS) is 18.6. The molecule has 0 fully saturated rings. The van der Waals surface area contributed by atoms with Gasteiger partial charge in [0.05, 0.1) is 12.6 Å². The van der Waals surface area contributed by atoms with Crippen molar-refractivity contribution >= 4 is 0 Å². The third kappa shape index (κ3) is 2.01. The number of halogens is 1. The molecule has 1 aliphatic heterocycles. The van der Waals surface area contributed by atoms with Crippen molar-refractivity contribution in [3.05, 3.63) is 35.6 Å². The minimum Gasteiger partial charge on any atom is -0.478 e. The van der Waals surface area contributed by atoms with E-state index in [-0.39, 0.29) is 11.9 Å². The zero-order valence-corrected chi connectivity index (χ0v) is 11.2. The Morgan fingerprint density at radius 3 is 2.95 bits per heavy atom. The predicted molar refractivity (Wildman–Crippen MR) is 71.8 cm³/mol. The number of nitrogens with zero attached hydrogens (tertiary/aromatic N) is 2. The molecule has 0 bridgehead atoms. The first kappa shape index (κ1) is 12.2. The van der Waals surface area contributed by atoms with Crippen LogP contribution < -0.4 is 4.74 Å². The molecule has 0 N–H and O–H groups in total. The van der Waals surface area contributed by atoms with Crippen molar-refractivity contribution in [3.8, 4) is 17.1 Å². The summed E-state index contributed by atoms with van der Waals surface area (Å²) in [5.41, 5.74) is 2.14. The van der Waals surface area contributed by atoms with E-state index in [1.807, 2.05) is 17.7 Å². The summed E-state index contributed by atoms with van der Waals surface area (Å²) < 4.78 is 21.6. The number of rotatable bonds is 1. The van der Waals surface area contributed by atoms with Crippen LogP contribution >= 0.6 is 0 Å². The highest BCUT2D eigenvalue weighted by Gasteiger charge is 2.23. The first-order valence-corrected chi connectivity index (χ1v) is 6.65. The lowest BCUT2D eigenvalue weighted by Gasteiger charge is -2.09. The van der Waals surface area contributed by atoms with E-state index in [1.165, 1.54) is 6.07 Å². The lowest BCUT2D eigenvalue weighted by Crippen LogP contribution is -2.05. The highest BCUT2D eigenvalue weighted by molar-refractivity contribution is 5.65. The van der Waals surface area contributed by atoms with Gasteiger partial charge >= 0.3 is 0 Å². The van der Waals surface area contributed by atoms with Crippen LogP contribution in [-0.2, 0) is 0 Å². The summed E-state index contributed by atoms with van der Waals surface area (Å²) in [5.74, 6) is 0.537. The Bertz CT molecular complexity index is 606. The molecule has 0 amide bonds. The van der Waals surface area contributed by atoms with E-state index < -0.39 is 0 Å². The molecule has 100 valence electrons. The molecule has 1 aromatic heterocycles. The van der Waals surface area contributed by atoms with Crippen LogP contribution in [0.3, 0.4) is 0 Å². The van der Waals surface area contributed by atoms with E-state index in [1.54, 1.807) is 12.1 Å². The zero-order valence-electron chi connectivity index (χ0n) is 11.2. The van der Waals surface area contributed by atoms with Crippen molar-refractivity contribution in [2.75, 3.05) is 6.61 Å². The van der Waals surface area contributed by atoms with Crippen LogP contribution in [0.1, 0.15) is 31.4 Å². The molecule has 3 rings (SSSR count). The molecule has 1 unspecified atom stereocenters. The molecular weight excluding hydrogens is 243 g/mol. The predicted octanol–water partition coefficient (Wildman–Crippen LogP) is 3.73. The van der Waals surface area contributed by atoms with Gasteiger partial charge in [-0.25, -0.2) is 9.07 Å². The number of ether oxygens (including phenoxy) is 1. The van der Waals surface area contributed by atoms with Crippen LogP contribution in [0.15, 0.2) is 24.3 Å². The van der Waals surface area contributed by atoms with Gasteiger partial charge in [-0.1, -0.05) is 12.1 Å². The second-order valence-electron chi connectivity index (χ2n) is 5.04. The molecule has 0 saturated carbocycles. The van der Waals surface area contributed by atoms with Crippen molar-refractivity contribution in [3.63, 3.8) is 0 Å². The third-order valence-corrected chi connectivity index (χ3v) is 3.64. The molecular formula is C15H17FN2O. The number of aromatic nitrogens is 2. The first-order chi connectivity index (χ1) is 9.18. The average molecular weight is 260 g/mol. The molecule has 3 nitrogen and oxygen atoms in total. The van der Waals surface area contributed by atoms with Gasteiger partial charge in [-0.05, 0) is 38.8 Å². The number of fused-ring (bicyclic) bond motifs is 1. The number of benzene rings is 1. The van der Waals surface area contributed by atoms with Crippen LogP contribution in [0, 0.1) is 12.7 Å². The summed E-state index contributed by atoms with van der Waals surface area (Å²) in [4.78, 5) is 0. The molecule has 2 aromatic rings. The molecule has 0 spiro atoms. The topological polar surface area (TPSA) is 27.1 Å². The van der Waals surface area contributed by atoms with E-state index in [0.717, 1.165) is 24.3 Å². The van der Waals surface area contributed by atoms with Crippen molar-refractivity contribution in [1.29, 1.82) is 0 Å². The van der Waals surface area contributed by atoms with Crippen molar-refractivity contribution in [2.24, 2.45) is 0 Å². The molecule has 0 saturated heterocycles. The lowest BCUT2D eigenvalue weighted by molar-refractivity contribution is 0.300. The highest BCUT2D eigenvalue weighted by atomic mass is 19.1. The highest BCUT2D eigenvalue weighted by Crippen LogP contribution is 2.35. The van der Waals surface area contributed by atoms with E-state index in [9.17, 15) is 4.39 Å². The molecule has 4 heteroatoms. The molecule has 0 radical (unpaired) electrons. The van der Waals surface area contributed by atoms with E-state index in [0.29, 0.717) is 17.9 Å². The number of hydrogen-bond acceptors (Lipinski definition) is 2. The van der Waals surface area contributed by atoms with Gasteiger partial charge in [-0.3, -0.25) is 0 Å². The van der Waals surface area contributed by atoms with Crippen LogP contribution in [-0.4, -0.2) is 16.4 Å². The Balaban J connectivity index is 2.15. The Hall–Kier alpha value is -1.84. The zero-order chi connectivity index (χ0) is 13.4. The van der Waals surface area contributed by atoms with Crippen molar-refractivity contribution in [1.82, 2.24) is 9.78 Å². The summed E-state index contributed by atoms with van der Waals surface area (Å²) in [6, 6.07) is 7.02. The second kappa shape index (κ2) is 4.68. The van der Waals surface area contributed by atoms with E-state index >= 15 is 0 Å². The average Bonchev–Trinajstić information content (AvgIpc) is 2.61. The SMILES string of the molecule is Cc1c(-c2ccccc2F)nn2c1OCCCC2C. The summed E-state index contributed by atoms with van der Waals surface area (Å²) in [7, 11) is 0. The number of hydrogen-bond donors (Lipinski definition) is 0. The van der Waals surface area contributed by atoms with Crippen LogP contribution in [0.2, 0.25) is 0 Å². The van der Waals surface area contributed by atoms with Gasteiger partial charge < -0.3 is 4.74 Å². The molecule has 2 heterocycles. The Kier molecular flexibility index (Phi) is 3.01. The van der Waals surface area contributed by atoms with Gasteiger partial charge in [0, 0.05) is 11.1 Å². The van der Waals surface area contributed by atoms with Crippen LogP contribution in [0.4, 0.5) is 4.39 Å². The molecule has 0 aliphatic carbocycles. The largest absolute Gasteiger partial charge is 0.478 e. The summed E-state index contributed by atoms with van der Waals surface area (Å²) in [5, 5.41) is 4.57. The maximum Gasteiger partial charge on any atom is 0.215 e. The van der Waals surface area contributed by atoms with Gasteiger partial charge in [0.2, 0.25) is 5.88 Å². The van der Waals surface area contributed by atoms with Gasteiger partial charge in [0.25, 0.3) is 0 Å². The molecule has 19 heavy (non-hydrogen) atoms. The maximum absolute atomic E-state index is 13.9. The Labute approximate surface area is 112 Å². The van der Waals surface area contributed by atoms with Gasteiger partial charge in [0.15, 0.2) is 0 Å². The van der Waals surface area contributed by atoms with Crippen LogP contribution in [0.25, 0.3) is 11.3 Å². The minimum absolute atomic E-state index is 0.244. The van der Waals surface area contributed by atoms with E-state index in [2.05, 4.69) is 12.0 Å². The summed E-state index contributed by atoms with van der Waals surface area (Å²) >= 11 is 0. The van der Waals surface area contributed by atoms with Gasteiger partial charge in [0.1, 0.15) is 11.5 Å². The van der Waals surface area contributed by atoms with Crippen molar-refractivity contribution < 1.29 is 9.13 Å². The van der Waals surface area contributed by atoms with Crippen molar-refractivity contribution in [2.45, 2.75) is 32.7 Å². The molecule has 1 atom stereocenters.